The summed E-state index contributed by atoms with van der Waals surface area (Å²) >= 11 is 1.94. The molecule has 0 aliphatic heterocycles. The lowest BCUT2D eigenvalue weighted by atomic mass is 9.99. The molecule has 1 saturated carbocycles. The highest BCUT2D eigenvalue weighted by molar-refractivity contribution is 7.99. The van der Waals surface area contributed by atoms with Crippen molar-refractivity contribution in [1.82, 2.24) is 0 Å². The first-order valence-electron chi connectivity index (χ1n) is 5.10. The molecule has 0 amide bonds. The second-order valence-corrected chi connectivity index (χ2v) is 4.99. The fourth-order valence-electron chi connectivity index (χ4n) is 1.93. The second-order valence-electron chi connectivity index (χ2n) is 3.60. The van der Waals surface area contributed by atoms with Crippen molar-refractivity contribution in [1.29, 1.82) is 0 Å². The van der Waals surface area contributed by atoms with E-state index in [-0.39, 0.29) is 6.10 Å². The maximum absolute atomic E-state index is 9.76. The number of hydrogen-bond donors (Lipinski definition) is 1. The smallest absolute Gasteiger partial charge is 0.0576 e. The van der Waals surface area contributed by atoms with E-state index in [1.165, 1.54) is 31.4 Å². The molecule has 12 heavy (non-hydrogen) atoms. The van der Waals surface area contributed by atoms with E-state index in [0.29, 0.717) is 5.92 Å². The van der Waals surface area contributed by atoms with Crippen LogP contribution in [0, 0.1) is 5.92 Å². The number of aliphatic hydroxyl groups excluding tert-OH is 1. The van der Waals surface area contributed by atoms with Gasteiger partial charge in [-0.1, -0.05) is 19.8 Å². The maximum atomic E-state index is 9.76. The van der Waals surface area contributed by atoms with Gasteiger partial charge in [-0.25, -0.2) is 0 Å². The molecule has 0 aromatic heterocycles. The van der Waals surface area contributed by atoms with Gasteiger partial charge >= 0.3 is 0 Å². The fourth-order valence-corrected chi connectivity index (χ4v) is 2.62. The number of hydrogen-bond acceptors (Lipinski definition) is 2. The summed E-state index contributed by atoms with van der Waals surface area (Å²) < 4.78 is 0. The predicted octanol–water partition coefficient (Wildman–Crippen LogP) is 2.68. The molecule has 1 aliphatic rings. The van der Waals surface area contributed by atoms with Crippen molar-refractivity contribution in [2.75, 3.05) is 11.5 Å². The van der Waals surface area contributed by atoms with E-state index in [0.717, 1.165) is 12.2 Å². The van der Waals surface area contributed by atoms with Crippen LogP contribution in [0.2, 0.25) is 0 Å². The summed E-state index contributed by atoms with van der Waals surface area (Å²) in [6, 6.07) is 0. The van der Waals surface area contributed by atoms with Crippen LogP contribution >= 0.6 is 11.8 Å². The van der Waals surface area contributed by atoms with Gasteiger partial charge in [-0.3, -0.25) is 0 Å². The maximum Gasteiger partial charge on any atom is 0.0576 e. The molecule has 0 aromatic rings. The fraction of sp³-hybridized carbons (Fsp3) is 1.00. The van der Waals surface area contributed by atoms with Crippen molar-refractivity contribution in [3.63, 3.8) is 0 Å². The van der Waals surface area contributed by atoms with Gasteiger partial charge in [0, 0.05) is 0 Å². The third-order valence-corrected chi connectivity index (χ3v) is 3.64. The Bertz CT molecular complexity index is 110. The Hall–Kier alpha value is 0.310. The molecule has 0 radical (unpaired) electrons. The number of thioether (sulfide) groups is 1. The minimum absolute atomic E-state index is 0.00782. The van der Waals surface area contributed by atoms with Crippen LogP contribution in [-0.4, -0.2) is 22.7 Å². The topological polar surface area (TPSA) is 20.2 Å². The molecule has 1 atom stereocenters. The van der Waals surface area contributed by atoms with Crippen molar-refractivity contribution < 1.29 is 5.11 Å². The number of rotatable bonds is 5. The Labute approximate surface area is 79.9 Å². The van der Waals surface area contributed by atoms with Gasteiger partial charge in [0.1, 0.15) is 0 Å². The van der Waals surface area contributed by atoms with Crippen LogP contribution < -0.4 is 0 Å². The molecule has 1 aliphatic carbocycles. The summed E-state index contributed by atoms with van der Waals surface area (Å²) in [7, 11) is 0. The zero-order chi connectivity index (χ0) is 8.81. The molecule has 1 nitrogen and oxygen atoms in total. The summed E-state index contributed by atoms with van der Waals surface area (Å²) in [6.07, 6.45) is 6.19. The Kier molecular flexibility index (Phi) is 5.08. The molecule has 0 aromatic carbocycles. The first kappa shape index (κ1) is 10.4. The summed E-state index contributed by atoms with van der Waals surface area (Å²) in [5.41, 5.74) is 0. The average molecular weight is 188 g/mol. The Morgan fingerprint density at radius 2 is 2.08 bits per heavy atom. The summed E-state index contributed by atoms with van der Waals surface area (Å²) in [5, 5.41) is 9.76. The van der Waals surface area contributed by atoms with Crippen LogP contribution in [0.1, 0.15) is 39.0 Å². The molecule has 72 valence electrons. The zero-order valence-electron chi connectivity index (χ0n) is 7.96. The van der Waals surface area contributed by atoms with Gasteiger partial charge in [-0.2, -0.15) is 11.8 Å². The summed E-state index contributed by atoms with van der Waals surface area (Å²) in [4.78, 5) is 0. The van der Waals surface area contributed by atoms with Crippen LogP contribution in [0.3, 0.4) is 0 Å². The van der Waals surface area contributed by atoms with E-state index in [1.54, 1.807) is 0 Å². The molecule has 0 saturated heterocycles. The number of aliphatic hydroxyl groups is 1. The van der Waals surface area contributed by atoms with Crippen molar-refractivity contribution in [3.05, 3.63) is 0 Å². The molecular weight excluding hydrogens is 168 g/mol. The lowest BCUT2D eigenvalue weighted by Gasteiger charge is -2.16. The van der Waals surface area contributed by atoms with Crippen molar-refractivity contribution in [3.8, 4) is 0 Å². The minimum Gasteiger partial charge on any atom is -0.393 e. The monoisotopic (exact) mass is 188 g/mol. The largest absolute Gasteiger partial charge is 0.393 e. The zero-order valence-corrected chi connectivity index (χ0v) is 8.78. The van der Waals surface area contributed by atoms with Crippen LogP contribution in [0.4, 0.5) is 0 Å². The highest BCUT2D eigenvalue weighted by atomic mass is 32.2. The third-order valence-electron chi connectivity index (χ3n) is 2.71. The average Bonchev–Trinajstić information content (AvgIpc) is 2.56. The molecule has 1 unspecified atom stereocenters. The van der Waals surface area contributed by atoms with Crippen LogP contribution in [0.5, 0.6) is 0 Å². The minimum atomic E-state index is -0.00782. The highest BCUT2D eigenvalue weighted by Gasteiger charge is 2.22. The van der Waals surface area contributed by atoms with Gasteiger partial charge in [0.15, 0.2) is 0 Å². The van der Waals surface area contributed by atoms with E-state index in [2.05, 4.69) is 6.92 Å². The Balaban J connectivity index is 2.05. The van der Waals surface area contributed by atoms with Crippen molar-refractivity contribution in [2.45, 2.75) is 45.1 Å². The standard InChI is InChI=1S/C10H20OS/c1-2-12-8-7-10(11)9-5-3-4-6-9/h9-11H,2-8H2,1H3. The molecule has 0 heterocycles. The Morgan fingerprint density at radius 3 is 2.67 bits per heavy atom. The SMILES string of the molecule is CCSCCC(O)C1CCCC1. The first-order chi connectivity index (χ1) is 5.84. The molecule has 0 bridgehead atoms. The third kappa shape index (κ3) is 3.36. The normalized spacial score (nSPS) is 21.5. The molecule has 2 heteroatoms. The van der Waals surface area contributed by atoms with Gasteiger partial charge < -0.3 is 5.11 Å². The van der Waals surface area contributed by atoms with Gasteiger partial charge in [-0.05, 0) is 36.7 Å². The van der Waals surface area contributed by atoms with E-state index < -0.39 is 0 Å². The first-order valence-corrected chi connectivity index (χ1v) is 6.26. The van der Waals surface area contributed by atoms with E-state index >= 15 is 0 Å². The van der Waals surface area contributed by atoms with Gasteiger partial charge in [0.2, 0.25) is 0 Å². The second kappa shape index (κ2) is 5.87. The van der Waals surface area contributed by atoms with Gasteiger partial charge in [0.25, 0.3) is 0 Å². The molecule has 0 spiro atoms. The lowest BCUT2D eigenvalue weighted by molar-refractivity contribution is 0.108. The molecule has 1 N–H and O–H groups in total. The molecule has 1 fully saturated rings. The summed E-state index contributed by atoms with van der Waals surface area (Å²) in [5.74, 6) is 2.94. The quantitative estimate of drug-likeness (QED) is 0.669. The van der Waals surface area contributed by atoms with Gasteiger partial charge in [0.05, 0.1) is 6.10 Å². The Morgan fingerprint density at radius 1 is 1.42 bits per heavy atom. The predicted molar refractivity (Wildman–Crippen MR) is 55.6 cm³/mol. The summed E-state index contributed by atoms with van der Waals surface area (Å²) in [6.45, 7) is 2.17. The van der Waals surface area contributed by atoms with Crippen LogP contribution in [-0.2, 0) is 0 Å². The highest BCUT2D eigenvalue weighted by Crippen LogP contribution is 2.29. The van der Waals surface area contributed by atoms with Crippen LogP contribution in [0.15, 0.2) is 0 Å². The van der Waals surface area contributed by atoms with E-state index in [4.69, 9.17) is 0 Å². The van der Waals surface area contributed by atoms with Gasteiger partial charge in [-0.15, -0.1) is 0 Å². The molecular formula is C10H20OS. The van der Waals surface area contributed by atoms with Crippen molar-refractivity contribution >= 4 is 11.8 Å². The lowest BCUT2D eigenvalue weighted by Crippen LogP contribution is -2.18. The van der Waals surface area contributed by atoms with Crippen molar-refractivity contribution in [2.24, 2.45) is 5.92 Å². The van der Waals surface area contributed by atoms with E-state index in [1.807, 2.05) is 11.8 Å². The molecule has 1 rings (SSSR count). The van der Waals surface area contributed by atoms with E-state index in [9.17, 15) is 5.11 Å². The van der Waals surface area contributed by atoms with Crippen LogP contribution in [0.25, 0.3) is 0 Å².